The van der Waals surface area contributed by atoms with Crippen LogP contribution >= 0.6 is 25.4 Å². The van der Waals surface area contributed by atoms with Crippen LogP contribution < -0.4 is 0 Å². The Morgan fingerprint density at radius 2 is 1.86 bits per heavy atom. The van der Waals surface area contributed by atoms with Crippen LogP contribution in [0.2, 0.25) is 0 Å². The SMILES string of the molecule is COPO[P+](O)(OC)O[P+](O)(OC)OCC1(C)CCCO1. The third kappa shape index (κ3) is 6.51. The van der Waals surface area contributed by atoms with E-state index >= 15 is 0 Å². The van der Waals surface area contributed by atoms with Gasteiger partial charge in [-0.2, -0.15) is 18.8 Å². The van der Waals surface area contributed by atoms with Crippen LogP contribution in [0.3, 0.4) is 0 Å². The van der Waals surface area contributed by atoms with Crippen molar-refractivity contribution in [3.05, 3.63) is 0 Å². The normalized spacial score (nSPS) is 28.9. The van der Waals surface area contributed by atoms with E-state index in [0.717, 1.165) is 12.8 Å². The van der Waals surface area contributed by atoms with Crippen molar-refractivity contribution >= 4 is 25.4 Å². The Hall–Kier alpha value is 0.930. The summed E-state index contributed by atoms with van der Waals surface area (Å²) in [6.07, 6.45) is 1.71. The average Bonchev–Trinajstić information content (AvgIpc) is 2.91. The zero-order valence-corrected chi connectivity index (χ0v) is 15.3. The quantitative estimate of drug-likeness (QED) is 0.562. The fourth-order valence-corrected chi connectivity index (χ4v) is 5.29. The summed E-state index contributed by atoms with van der Waals surface area (Å²) in [6.45, 7) is 2.56. The fourth-order valence-electron chi connectivity index (χ4n) is 1.58. The van der Waals surface area contributed by atoms with Gasteiger partial charge >= 0.3 is 16.3 Å². The highest BCUT2D eigenvalue weighted by atomic mass is 31.3. The summed E-state index contributed by atoms with van der Waals surface area (Å²) >= 11 is 0. The van der Waals surface area contributed by atoms with Crippen molar-refractivity contribution in [1.29, 1.82) is 0 Å². The summed E-state index contributed by atoms with van der Waals surface area (Å²) < 4.78 is 35.1. The Labute approximate surface area is 127 Å². The van der Waals surface area contributed by atoms with Gasteiger partial charge in [0, 0.05) is 13.7 Å². The highest BCUT2D eigenvalue weighted by Gasteiger charge is 2.64. The van der Waals surface area contributed by atoms with E-state index in [4.69, 9.17) is 26.9 Å². The Morgan fingerprint density at radius 3 is 2.33 bits per heavy atom. The molecule has 4 unspecified atom stereocenters. The topological polar surface area (TPSA) is 105 Å². The van der Waals surface area contributed by atoms with Gasteiger partial charge in [-0.3, -0.25) is 0 Å². The largest absolute Gasteiger partial charge is 0.627 e. The highest BCUT2D eigenvalue weighted by molar-refractivity contribution is 7.71. The molecule has 1 rings (SSSR count). The molecule has 0 radical (unpaired) electrons. The lowest BCUT2D eigenvalue weighted by Crippen LogP contribution is -2.30. The molecular weight excluding hydrogens is 345 g/mol. The van der Waals surface area contributed by atoms with Crippen molar-refractivity contribution in [1.82, 2.24) is 0 Å². The second-order valence-electron chi connectivity index (χ2n) is 4.44. The lowest BCUT2D eigenvalue weighted by atomic mass is 10.1. The van der Waals surface area contributed by atoms with Gasteiger partial charge < -0.3 is 9.26 Å². The van der Waals surface area contributed by atoms with Gasteiger partial charge in [0.1, 0.15) is 6.61 Å². The van der Waals surface area contributed by atoms with Crippen LogP contribution in [0.25, 0.3) is 0 Å². The van der Waals surface area contributed by atoms with Crippen LogP contribution in [0.5, 0.6) is 0 Å². The fraction of sp³-hybridized carbons (Fsp3) is 1.00. The summed E-state index contributed by atoms with van der Waals surface area (Å²) in [5.74, 6) is 0. The molecule has 0 aromatic rings. The maximum absolute atomic E-state index is 10.2. The molecule has 0 saturated carbocycles. The predicted molar refractivity (Wildman–Crippen MR) is 79.3 cm³/mol. The van der Waals surface area contributed by atoms with Crippen molar-refractivity contribution in [3.63, 3.8) is 0 Å². The standard InChI is InChI=1S/C9H23O9P3/c1-9(6-5-7-15-9)8-16-20(10,13-3)18-21(11,14-4)17-19-12-2/h10-11,19H,5-8H2,1-4H3/q+2. The number of rotatable bonds is 10. The maximum Gasteiger partial charge on any atom is 0.627 e. The molecule has 1 saturated heterocycles. The van der Waals surface area contributed by atoms with Crippen LogP contribution in [-0.2, 0) is 31.5 Å². The van der Waals surface area contributed by atoms with Gasteiger partial charge in [-0.25, -0.2) is 0 Å². The monoisotopic (exact) mass is 368 g/mol. The first-order chi connectivity index (χ1) is 9.80. The Morgan fingerprint density at radius 1 is 1.19 bits per heavy atom. The third-order valence-electron chi connectivity index (χ3n) is 2.74. The minimum atomic E-state index is -3.81. The molecule has 1 aliphatic rings. The molecule has 0 aliphatic carbocycles. The van der Waals surface area contributed by atoms with Gasteiger partial charge in [0.2, 0.25) is 9.03 Å². The van der Waals surface area contributed by atoms with Gasteiger partial charge in [0.15, 0.2) is 0 Å². The Bertz CT molecular complexity index is 317. The molecule has 1 heterocycles. The summed E-state index contributed by atoms with van der Waals surface area (Å²) in [4.78, 5) is 20.2. The maximum atomic E-state index is 10.2. The summed E-state index contributed by atoms with van der Waals surface area (Å²) in [5, 5.41) is 0. The van der Waals surface area contributed by atoms with Crippen molar-refractivity contribution in [2.24, 2.45) is 0 Å². The Kier molecular flexibility index (Phi) is 8.27. The number of hydrogen-bond acceptors (Lipinski definition) is 9. The smallest absolute Gasteiger partial charge is 0.373 e. The zero-order valence-electron chi connectivity index (χ0n) is 12.5. The molecule has 0 spiro atoms. The Balaban J connectivity index is 2.60. The first-order valence-corrected chi connectivity index (χ1v) is 9.92. The molecule has 9 nitrogen and oxygen atoms in total. The predicted octanol–water partition coefficient (Wildman–Crippen LogP) is 2.39. The van der Waals surface area contributed by atoms with Gasteiger partial charge in [0.05, 0.1) is 24.1 Å². The minimum Gasteiger partial charge on any atom is -0.373 e. The van der Waals surface area contributed by atoms with E-state index in [-0.39, 0.29) is 6.61 Å². The molecule has 1 fully saturated rings. The zero-order chi connectivity index (χ0) is 16.0. The van der Waals surface area contributed by atoms with Gasteiger partial charge in [-0.05, 0) is 19.8 Å². The van der Waals surface area contributed by atoms with E-state index < -0.39 is 31.0 Å². The third-order valence-corrected chi connectivity index (χ3v) is 7.15. The van der Waals surface area contributed by atoms with Crippen molar-refractivity contribution in [2.45, 2.75) is 25.4 Å². The molecule has 21 heavy (non-hydrogen) atoms. The number of ether oxygens (including phenoxy) is 1. The first kappa shape index (κ1) is 20.0. The van der Waals surface area contributed by atoms with E-state index in [1.165, 1.54) is 21.3 Å². The molecule has 0 amide bonds. The highest BCUT2D eigenvalue weighted by Crippen LogP contribution is 2.76. The van der Waals surface area contributed by atoms with Crippen LogP contribution in [0.1, 0.15) is 19.8 Å². The second kappa shape index (κ2) is 8.69. The van der Waals surface area contributed by atoms with Crippen LogP contribution in [-0.4, -0.2) is 49.9 Å². The minimum absolute atomic E-state index is 0.0569. The van der Waals surface area contributed by atoms with E-state index in [0.29, 0.717) is 6.61 Å². The summed E-state index contributed by atoms with van der Waals surface area (Å²) in [7, 11) is -4.36. The van der Waals surface area contributed by atoms with Crippen LogP contribution in [0, 0.1) is 0 Å². The molecule has 0 bridgehead atoms. The molecule has 0 aromatic heterocycles. The van der Waals surface area contributed by atoms with Gasteiger partial charge in [-0.1, -0.05) is 0 Å². The molecular formula is C9H23O9P3+2. The average molecular weight is 368 g/mol. The van der Waals surface area contributed by atoms with Crippen LogP contribution in [0.4, 0.5) is 0 Å². The lowest BCUT2D eigenvalue weighted by molar-refractivity contribution is -0.0300. The van der Waals surface area contributed by atoms with Gasteiger partial charge in [-0.15, -0.1) is 8.83 Å². The molecule has 12 heteroatoms. The first-order valence-electron chi connectivity index (χ1n) is 6.12. The van der Waals surface area contributed by atoms with Crippen molar-refractivity contribution in [3.8, 4) is 0 Å². The molecule has 2 N–H and O–H groups in total. The molecule has 1 aliphatic heterocycles. The lowest BCUT2D eigenvalue weighted by Gasteiger charge is -2.22. The van der Waals surface area contributed by atoms with Gasteiger partial charge in [0.25, 0.3) is 0 Å². The summed E-state index contributed by atoms with van der Waals surface area (Å²) in [6, 6.07) is 0. The molecule has 4 atom stereocenters. The summed E-state index contributed by atoms with van der Waals surface area (Å²) in [5.41, 5.74) is -0.519. The van der Waals surface area contributed by atoms with Crippen molar-refractivity contribution < 1.29 is 41.2 Å². The van der Waals surface area contributed by atoms with E-state index in [9.17, 15) is 9.79 Å². The van der Waals surface area contributed by atoms with E-state index in [1.54, 1.807) is 0 Å². The van der Waals surface area contributed by atoms with Crippen LogP contribution in [0.15, 0.2) is 0 Å². The second-order valence-corrected chi connectivity index (χ2v) is 9.26. The van der Waals surface area contributed by atoms with E-state index in [2.05, 4.69) is 4.52 Å². The molecule has 0 aromatic carbocycles. The van der Waals surface area contributed by atoms with Crippen molar-refractivity contribution in [2.75, 3.05) is 34.5 Å². The van der Waals surface area contributed by atoms with E-state index in [1.807, 2.05) is 6.92 Å². The number of hydrogen-bond donors (Lipinski definition) is 2. The molecule has 126 valence electrons.